The molecule has 2 aliphatic carbocycles. The largest absolute Gasteiger partial charge is 0.463 e. The van der Waals surface area contributed by atoms with Crippen LogP contribution in [-0.4, -0.2) is 30.6 Å². The summed E-state index contributed by atoms with van der Waals surface area (Å²) in [7, 11) is -3.48. The molecule has 30 heavy (non-hydrogen) atoms. The van der Waals surface area contributed by atoms with Crippen LogP contribution in [0.25, 0.3) is 0 Å². The van der Waals surface area contributed by atoms with E-state index in [4.69, 9.17) is 0 Å². The number of anilines is 2. The molecule has 2 aromatic carbocycles. The van der Waals surface area contributed by atoms with Crippen molar-refractivity contribution in [3.63, 3.8) is 0 Å². The van der Waals surface area contributed by atoms with E-state index in [0.29, 0.717) is 5.95 Å². The number of carbonyl (C=O) groups is 1. The molecule has 0 radical (unpaired) electrons. The van der Waals surface area contributed by atoms with Crippen LogP contribution < -0.4 is 5.32 Å². The number of H-pyrrole nitrogens is 1. The lowest BCUT2D eigenvalue weighted by Crippen LogP contribution is -2.07. The summed E-state index contributed by atoms with van der Waals surface area (Å²) in [6.07, 6.45) is 4.94. The number of amides is 1. The summed E-state index contributed by atoms with van der Waals surface area (Å²) in [6.45, 7) is 0. The first kappa shape index (κ1) is 18.8. The quantitative estimate of drug-likeness (QED) is 0.581. The van der Waals surface area contributed by atoms with Gasteiger partial charge in [0.25, 0.3) is 0 Å². The van der Waals surface area contributed by atoms with E-state index < -0.39 is 15.8 Å². The van der Waals surface area contributed by atoms with Crippen LogP contribution in [0, 0.1) is 0 Å². The van der Waals surface area contributed by atoms with Gasteiger partial charge in [0.15, 0.2) is 0 Å². The van der Waals surface area contributed by atoms with Gasteiger partial charge in [-0.2, -0.15) is 0 Å². The number of benzene rings is 2. The molecule has 5 rings (SSSR count). The summed E-state index contributed by atoms with van der Waals surface area (Å²) in [6, 6.07) is 10.6. The van der Waals surface area contributed by atoms with Gasteiger partial charge < -0.3 is 10.4 Å². The third-order valence-electron chi connectivity index (χ3n) is 5.71. The van der Waals surface area contributed by atoms with Crippen molar-refractivity contribution in [1.29, 1.82) is 0 Å². The Hall–Kier alpha value is -3.20. The molecular formula is C21H21N5O3S. The Kier molecular flexibility index (Phi) is 4.54. The highest BCUT2D eigenvalue weighted by Gasteiger charge is 2.26. The van der Waals surface area contributed by atoms with Crippen LogP contribution in [0.3, 0.4) is 0 Å². The van der Waals surface area contributed by atoms with Crippen LogP contribution in [0.5, 0.6) is 0 Å². The van der Waals surface area contributed by atoms with Gasteiger partial charge in [-0.25, -0.2) is 9.00 Å². The highest BCUT2D eigenvalue weighted by molar-refractivity contribution is 7.93. The maximum absolute atomic E-state index is 13.5. The molecule has 9 heteroatoms. The zero-order valence-electron chi connectivity index (χ0n) is 16.2. The average molecular weight is 423 g/mol. The fourth-order valence-corrected chi connectivity index (χ4v) is 5.98. The maximum Gasteiger partial charge on any atom is 0.440 e. The number of aryl methyl sites for hydroxylation is 2. The first-order valence-electron chi connectivity index (χ1n) is 9.96. The number of rotatable bonds is 4. The van der Waals surface area contributed by atoms with Crippen molar-refractivity contribution in [2.45, 2.75) is 48.6 Å². The molecule has 3 N–H and O–H groups in total. The molecule has 3 aromatic rings. The molecule has 0 spiro atoms. The molecule has 0 saturated carbocycles. The van der Waals surface area contributed by atoms with Crippen molar-refractivity contribution in [3.05, 3.63) is 58.7 Å². The number of aromatic amines is 1. The van der Waals surface area contributed by atoms with Crippen LogP contribution in [-0.2, 0) is 35.4 Å². The van der Waals surface area contributed by atoms with E-state index in [-0.39, 0.29) is 10.1 Å². The van der Waals surface area contributed by atoms with E-state index in [2.05, 4.69) is 30.9 Å². The Balaban J connectivity index is 1.56. The van der Waals surface area contributed by atoms with E-state index in [1.807, 2.05) is 0 Å². The summed E-state index contributed by atoms with van der Waals surface area (Å²) in [5.74, 6) is 0.337. The molecule has 1 heterocycles. The number of aromatic nitrogens is 3. The molecule has 0 saturated heterocycles. The third kappa shape index (κ3) is 3.15. The Morgan fingerprint density at radius 3 is 2.33 bits per heavy atom. The standard InChI is InChI=1S/C21H21N5O3S/c27-21(28)26-30(29,15-8-2-1-3-9-15)20-23-19(24-25-20)22-18-16-10-4-6-13(16)12-14-7-5-11-17(14)18/h1-3,8-9,12H,4-7,10-11H2,(H,27,28)(H2,22,23,24,25). The Labute approximate surface area is 173 Å². The molecule has 8 nitrogen and oxygen atoms in total. The van der Waals surface area contributed by atoms with Crippen molar-refractivity contribution in [2.75, 3.05) is 5.32 Å². The molecule has 154 valence electrons. The minimum atomic E-state index is -3.48. The summed E-state index contributed by atoms with van der Waals surface area (Å²) >= 11 is 0. The number of hydrogen-bond donors (Lipinski definition) is 3. The van der Waals surface area contributed by atoms with E-state index >= 15 is 0 Å². The number of nitrogens with zero attached hydrogens (tertiary/aromatic N) is 3. The molecule has 2 aliphatic rings. The third-order valence-corrected chi connectivity index (χ3v) is 7.75. The number of fused-ring (bicyclic) bond motifs is 2. The lowest BCUT2D eigenvalue weighted by atomic mass is 9.99. The van der Waals surface area contributed by atoms with E-state index in [1.165, 1.54) is 22.3 Å². The predicted octanol–water partition coefficient (Wildman–Crippen LogP) is 4.09. The smallest absolute Gasteiger partial charge is 0.440 e. The van der Waals surface area contributed by atoms with Gasteiger partial charge in [-0.05, 0) is 72.9 Å². The predicted molar refractivity (Wildman–Crippen MR) is 112 cm³/mol. The van der Waals surface area contributed by atoms with Gasteiger partial charge >= 0.3 is 6.09 Å². The second-order valence-electron chi connectivity index (χ2n) is 7.55. The SMILES string of the molecule is O=C(O)N=S(=O)(c1ccccc1)c1nnc(Nc2c3c(cc4c2CCC4)CCC3)[nH]1. The van der Waals surface area contributed by atoms with Crippen molar-refractivity contribution in [3.8, 4) is 0 Å². The second-order valence-corrected chi connectivity index (χ2v) is 9.64. The maximum atomic E-state index is 13.5. The fraction of sp³-hybridized carbons (Fsp3) is 0.286. The number of nitrogens with one attached hydrogen (secondary N) is 2. The van der Waals surface area contributed by atoms with Gasteiger partial charge in [0.05, 0.1) is 4.90 Å². The van der Waals surface area contributed by atoms with Crippen LogP contribution >= 0.6 is 0 Å². The Morgan fingerprint density at radius 1 is 1.03 bits per heavy atom. The molecule has 1 aromatic heterocycles. The Morgan fingerprint density at radius 2 is 1.70 bits per heavy atom. The van der Waals surface area contributed by atoms with Crippen molar-refractivity contribution < 1.29 is 14.1 Å². The first-order valence-corrected chi connectivity index (χ1v) is 11.5. The molecular weight excluding hydrogens is 402 g/mol. The molecule has 1 amide bonds. The second kappa shape index (κ2) is 7.24. The fourth-order valence-electron chi connectivity index (χ4n) is 4.44. The van der Waals surface area contributed by atoms with Gasteiger partial charge in [0, 0.05) is 5.69 Å². The molecule has 0 fully saturated rings. The van der Waals surface area contributed by atoms with Gasteiger partial charge in [-0.1, -0.05) is 24.3 Å². The number of hydrogen-bond acceptors (Lipinski definition) is 5. The van der Waals surface area contributed by atoms with Gasteiger partial charge in [-0.3, -0.25) is 4.98 Å². The molecule has 1 unspecified atom stereocenters. The van der Waals surface area contributed by atoms with Gasteiger partial charge in [-0.15, -0.1) is 14.6 Å². The van der Waals surface area contributed by atoms with E-state index in [1.54, 1.807) is 30.3 Å². The van der Waals surface area contributed by atoms with Crippen molar-refractivity contribution in [1.82, 2.24) is 15.2 Å². The van der Waals surface area contributed by atoms with Crippen LogP contribution in [0.4, 0.5) is 16.4 Å². The summed E-state index contributed by atoms with van der Waals surface area (Å²) in [4.78, 5) is 14.5. The minimum Gasteiger partial charge on any atom is -0.463 e. The van der Waals surface area contributed by atoms with E-state index in [9.17, 15) is 14.1 Å². The van der Waals surface area contributed by atoms with Crippen molar-refractivity contribution in [2.24, 2.45) is 4.36 Å². The van der Waals surface area contributed by atoms with Crippen LogP contribution in [0.2, 0.25) is 0 Å². The van der Waals surface area contributed by atoms with Crippen LogP contribution in [0.15, 0.2) is 50.8 Å². The van der Waals surface area contributed by atoms with Gasteiger partial charge in [0.1, 0.15) is 9.73 Å². The zero-order valence-corrected chi connectivity index (χ0v) is 17.0. The molecule has 0 aliphatic heterocycles. The minimum absolute atomic E-state index is 0.0807. The summed E-state index contributed by atoms with van der Waals surface area (Å²) in [5.41, 5.74) is 6.46. The summed E-state index contributed by atoms with van der Waals surface area (Å²) < 4.78 is 17.0. The molecule has 1 atom stereocenters. The normalized spacial score (nSPS) is 16.5. The lowest BCUT2D eigenvalue weighted by molar-refractivity contribution is 0.206. The van der Waals surface area contributed by atoms with Gasteiger partial charge in [0.2, 0.25) is 11.1 Å². The van der Waals surface area contributed by atoms with Crippen LogP contribution in [0.1, 0.15) is 35.1 Å². The van der Waals surface area contributed by atoms with Crippen molar-refractivity contribution >= 4 is 27.5 Å². The highest BCUT2D eigenvalue weighted by Crippen LogP contribution is 2.39. The topological polar surface area (TPSA) is 120 Å². The monoisotopic (exact) mass is 423 g/mol. The highest BCUT2D eigenvalue weighted by atomic mass is 32.2. The lowest BCUT2D eigenvalue weighted by Gasteiger charge is -2.15. The average Bonchev–Trinajstić information content (AvgIpc) is 3.48. The number of carboxylic acid groups (broad SMARTS) is 1. The van der Waals surface area contributed by atoms with E-state index in [0.717, 1.165) is 44.2 Å². The Bertz CT molecular complexity index is 1230. The summed E-state index contributed by atoms with van der Waals surface area (Å²) in [5, 5.41) is 20.6. The zero-order chi connectivity index (χ0) is 20.7. The molecule has 0 bridgehead atoms. The first-order chi connectivity index (χ1) is 14.5.